The Hall–Kier alpha value is -1.03. The minimum absolute atomic E-state index is 0.105. The van der Waals surface area contributed by atoms with Crippen molar-refractivity contribution in [3.63, 3.8) is 0 Å². The van der Waals surface area contributed by atoms with Crippen LogP contribution in [0.3, 0.4) is 0 Å². The summed E-state index contributed by atoms with van der Waals surface area (Å²) in [6, 6.07) is -0.105. The minimum atomic E-state index is -0.105. The van der Waals surface area contributed by atoms with Crippen molar-refractivity contribution in [2.75, 3.05) is 26.3 Å². The van der Waals surface area contributed by atoms with Crippen molar-refractivity contribution in [2.45, 2.75) is 25.7 Å². The number of carbonyl (C=O) groups is 1. The first-order valence-electron chi connectivity index (χ1n) is 6.03. The maximum Gasteiger partial charge on any atom is 0.315 e. The number of nitrogens with one attached hydrogen (secondary N) is 2. The molecule has 4 nitrogen and oxygen atoms in total. The number of rotatable bonds is 6. The molecule has 0 bridgehead atoms. The predicted molar refractivity (Wildman–Crippen MR) is 64.4 cm³/mol. The Labute approximate surface area is 97.4 Å². The normalized spacial score (nSPS) is 16.8. The van der Waals surface area contributed by atoms with Crippen LogP contribution in [0.2, 0.25) is 0 Å². The smallest absolute Gasteiger partial charge is 0.315 e. The van der Waals surface area contributed by atoms with Gasteiger partial charge in [0.1, 0.15) is 0 Å². The third-order valence-corrected chi connectivity index (χ3v) is 2.82. The number of carbonyl (C=O) groups excluding carboxylic acids is 1. The molecule has 16 heavy (non-hydrogen) atoms. The summed E-state index contributed by atoms with van der Waals surface area (Å²) in [7, 11) is 0. The molecular formula is C12H22N2O2. The Morgan fingerprint density at radius 1 is 1.38 bits per heavy atom. The summed E-state index contributed by atoms with van der Waals surface area (Å²) in [5, 5.41) is 5.51. The minimum Gasteiger partial charge on any atom is -0.381 e. The number of hydrogen-bond acceptors (Lipinski definition) is 2. The summed E-state index contributed by atoms with van der Waals surface area (Å²) in [5.41, 5.74) is 0. The molecule has 0 unspecified atom stereocenters. The Balaban J connectivity index is 1.94. The van der Waals surface area contributed by atoms with Crippen LogP contribution in [0, 0.1) is 5.92 Å². The van der Waals surface area contributed by atoms with Crippen molar-refractivity contribution in [3.8, 4) is 0 Å². The highest BCUT2D eigenvalue weighted by atomic mass is 16.5. The largest absolute Gasteiger partial charge is 0.381 e. The van der Waals surface area contributed by atoms with Crippen molar-refractivity contribution < 1.29 is 9.53 Å². The van der Waals surface area contributed by atoms with E-state index in [-0.39, 0.29) is 6.03 Å². The molecule has 0 aromatic heterocycles. The first-order chi connectivity index (χ1) is 7.83. The molecule has 0 aromatic carbocycles. The molecule has 1 aliphatic heterocycles. The highest BCUT2D eigenvalue weighted by Gasteiger charge is 2.12. The molecule has 0 aromatic rings. The van der Waals surface area contributed by atoms with E-state index >= 15 is 0 Å². The molecule has 1 heterocycles. The van der Waals surface area contributed by atoms with Crippen molar-refractivity contribution in [1.82, 2.24) is 10.6 Å². The van der Waals surface area contributed by atoms with E-state index in [1.54, 1.807) is 6.08 Å². The quantitative estimate of drug-likeness (QED) is 0.535. The third kappa shape index (κ3) is 5.75. The zero-order chi connectivity index (χ0) is 11.6. The van der Waals surface area contributed by atoms with E-state index in [0.29, 0.717) is 6.54 Å². The van der Waals surface area contributed by atoms with Crippen LogP contribution in [0.5, 0.6) is 0 Å². The molecule has 0 aliphatic carbocycles. The fourth-order valence-electron chi connectivity index (χ4n) is 1.86. The lowest BCUT2D eigenvalue weighted by molar-refractivity contribution is 0.0634. The van der Waals surface area contributed by atoms with E-state index in [9.17, 15) is 4.79 Å². The second-order valence-electron chi connectivity index (χ2n) is 4.12. The maximum absolute atomic E-state index is 11.2. The Morgan fingerprint density at radius 2 is 2.12 bits per heavy atom. The van der Waals surface area contributed by atoms with Gasteiger partial charge >= 0.3 is 6.03 Å². The fourth-order valence-corrected chi connectivity index (χ4v) is 1.86. The van der Waals surface area contributed by atoms with Gasteiger partial charge in [-0.3, -0.25) is 0 Å². The van der Waals surface area contributed by atoms with E-state index < -0.39 is 0 Å². The molecule has 4 heteroatoms. The average molecular weight is 226 g/mol. The van der Waals surface area contributed by atoms with E-state index in [2.05, 4.69) is 17.2 Å². The van der Waals surface area contributed by atoms with Gasteiger partial charge in [0.25, 0.3) is 0 Å². The van der Waals surface area contributed by atoms with Crippen molar-refractivity contribution in [2.24, 2.45) is 5.92 Å². The average Bonchev–Trinajstić information content (AvgIpc) is 2.33. The zero-order valence-electron chi connectivity index (χ0n) is 9.84. The molecule has 1 aliphatic rings. The second-order valence-corrected chi connectivity index (χ2v) is 4.12. The van der Waals surface area contributed by atoms with Gasteiger partial charge in [-0.15, -0.1) is 6.58 Å². The summed E-state index contributed by atoms with van der Waals surface area (Å²) in [6.07, 6.45) is 6.24. The molecule has 0 spiro atoms. The number of amides is 2. The molecule has 1 fully saturated rings. The molecular weight excluding hydrogens is 204 g/mol. The molecule has 1 saturated heterocycles. The molecule has 2 amide bonds. The summed E-state index contributed by atoms with van der Waals surface area (Å²) < 4.78 is 5.30. The van der Waals surface area contributed by atoms with Crippen molar-refractivity contribution in [1.29, 1.82) is 0 Å². The first kappa shape index (κ1) is 13.0. The van der Waals surface area contributed by atoms with E-state index in [1.165, 1.54) is 19.3 Å². The van der Waals surface area contributed by atoms with Crippen LogP contribution in [-0.2, 0) is 4.74 Å². The monoisotopic (exact) mass is 226 g/mol. The maximum atomic E-state index is 11.2. The number of hydrogen-bond donors (Lipinski definition) is 2. The number of urea groups is 1. The van der Waals surface area contributed by atoms with Gasteiger partial charge in [-0.25, -0.2) is 4.79 Å². The molecule has 0 saturated carbocycles. The van der Waals surface area contributed by atoms with Gasteiger partial charge in [-0.1, -0.05) is 6.08 Å². The molecule has 0 atom stereocenters. The molecule has 92 valence electrons. The van der Waals surface area contributed by atoms with E-state index in [1.807, 2.05) is 0 Å². The molecule has 2 N–H and O–H groups in total. The topological polar surface area (TPSA) is 50.4 Å². The van der Waals surface area contributed by atoms with Crippen LogP contribution >= 0.6 is 0 Å². The van der Waals surface area contributed by atoms with Gasteiger partial charge in [0, 0.05) is 26.3 Å². The Morgan fingerprint density at radius 3 is 2.81 bits per heavy atom. The van der Waals surface area contributed by atoms with Gasteiger partial charge in [0.2, 0.25) is 0 Å². The van der Waals surface area contributed by atoms with Crippen LogP contribution in [0.25, 0.3) is 0 Å². The Bertz CT molecular complexity index is 213. The molecule has 1 rings (SSSR count). The van der Waals surface area contributed by atoms with Crippen molar-refractivity contribution in [3.05, 3.63) is 12.7 Å². The van der Waals surface area contributed by atoms with Gasteiger partial charge in [0.15, 0.2) is 0 Å². The van der Waals surface area contributed by atoms with Gasteiger partial charge in [0.05, 0.1) is 0 Å². The van der Waals surface area contributed by atoms with Crippen molar-refractivity contribution >= 4 is 6.03 Å². The Kier molecular flexibility index (Phi) is 6.65. The third-order valence-electron chi connectivity index (χ3n) is 2.82. The van der Waals surface area contributed by atoms with Gasteiger partial charge in [-0.2, -0.15) is 0 Å². The van der Waals surface area contributed by atoms with Crippen LogP contribution in [-0.4, -0.2) is 32.3 Å². The molecule has 0 radical (unpaired) electrons. The van der Waals surface area contributed by atoms with Gasteiger partial charge < -0.3 is 15.4 Å². The summed E-state index contributed by atoms with van der Waals surface area (Å²) >= 11 is 0. The van der Waals surface area contributed by atoms with Crippen LogP contribution < -0.4 is 10.6 Å². The SMILES string of the molecule is C=CCNC(=O)NCCCC1CCOCC1. The standard InChI is InChI=1S/C12H22N2O2/c1-2-7-13-12(15)14-8-3-4-11-5-9-16-10-6-11/h2,11H,1,3-10H2,(H2,13,14,15). The number of ether oxygens (including phenoxy) is 1. The lowest BCUT2D eigenvalue weighted by Crippen LogP contribution is -2.36. The summed E-state index contributed by atoms with van der Waals surface area (Å²) in [4.78, 5) is 11.2. The zero-order valence-corrected chi connectivity index (χ0v) is 9.84. The van der Waals surface area contributed by atoms with Crippen LogP contribution in [0.15, 0.2) is 12.7 Å². The first-order valence-corrected chi connectivity index (χ1v) is 6.03. The van der Waals surface area contributed by atoms with Crippen LogP contribution in [0.1, 0.15) is 25.7 Å². The highest BCUT2D eigenvalue weighted by molar-refractivity contribution is 5.73. The summed E-state index contributed by atoms with van der Waals surface area (Å²) in [6.45, 7) is 6.61. The van der Waals surface area contributed by atoms with Crippen LogP contribution in [0.4, 0.5) is 4.79 Å². The highest BCUT2D eigenvalue weighted by Crippen LogP contribution is 2.19. The van der Waals surface area contributed by atoms with E-state index in [0.717, 1.165) is 32.1 Å². The predicted octanol–water partition coefficient (Wildman–Crippen LogP) is 1.68. The van der Waals surface area contributed by atoms with Gasteiger partial charge in [-0.05, 0) is 31.6 Å². The summed E-state index contributed by atoms with van der Waals surface area (Å²) in [5.74, 6) is 0.784. The fraction of sp³-hybridized carbons (Fsp3) is 0.750. The lowest BCUT2D eigenvalue weighted by Gasteiger charge is -2.21. The lowest BCUT2D eigenvalue weighted by atomic mass is 9.95. The second kappa shape index (κ2) is 8.16. The van der Waals surface area contributed by atoms with E-state index in [4.69, 9.17) is 4.74 Å².